The van der Waals surface area contributed by atoms with E-state index in [1.807, 2.05) is 0 Å². The summed E-state index contributed by atoms with van der Waals surface area (Å²) >= 11 is 0. The van der Waals surface area contributed by atoms with Crippen LogP contribution in [-0.4, -0.2) is 5.91 Å². The van der Waals surface area contributed by atoms with E-state index >= 15 is 0 Å². The Morgan fingerprint density at radius 1 is 1.53 bits per heavy atom. The van der Waals surface area contributed by atoms with Gasteiger partial charge in [0.15, 0.2) is 0 Å². The number of nitrogens with zero attached hydrogens (tertiary/aromatic N) is 3. The molecule has 15 heavy (non-hydrogen) atoms. The predicted octanol–water partition coefficient (Wildman–Crippen LogP) is 1.86. The zero-order chi connectivity index (χ0) is 11.1. The molecule has 1 amide bonds. The van der Waals surface area contributed by atoms with Crippen LogP contribution in [0, 0.1) is 11.8 Å². The van der Waals surface area contributed by atoms with Gasteiger partial charge in [0.1, 0.15) is 0 Å². The second-order valence-electron chi connectivity index (χ2n) is 2.65. The van der Waals surface area contributed by atoms with E-state index in [9.17, 15) is 4.79 Å². The van der Waals surface area contributed by atoms with Gasteiger partial charge in [0, 0.05) is 10.5 Å². The summed E-state index contributed by atoms with van der Waals surface area (Å²) in [6.07, 6.45) is -0.00932. The number of carbonyl (C=O) groups excluding carboxylic acids is 1. The molecular weight excluding hydrogens is 192 g/mol. The van der Waals surface area contributed by atoms with Gasteiger partial charge in [-0.1, -0.05) is 35.2 Å². The average molecular weight is 200 g/mol. The maximum absolute atomic E-state index is 10.4. The fourth-order valence-corrected chi connectivity index (χ4v) is 0.941. The van der Waals surface area contributed by atoms with E-state index in [4.69, 9.17) is 11.3 Å². The number of benzene rings is 1. The van der Waals surface area contributed by atoms with E-state index < -0.39 is 5.91 Å². The Balaban J connectivity index is 2.96. The van der Waals surface area contributed by atoms with Gasteiger partial charge in [-0.15, -0.1) is 0 Å². The van der Waals surface area contributed by atoms with Crippen LogP contribution in [0.4, 0.5) is 5.69 Å². The van der Waals surface area contributed by atoms with Crippen LogP contribution in [0.15, 0.2) is 29.4 Å². The van der Waals surface area contributed by atoms with Crippen molar-refractivity contribution in [2.24, 2.45) is 10.8 Å². The lowest BCUT2D eigenvalue weighted by atomic mass is 10.2. The fraction of sp³-hybridized carbons (Fsp3) is 0.100. The molecule has 0 spiro atoms. The second-order valence-corrected chi connectivity index (χ2v) is 2.65. The molecule has 0 heterocycles. The minimum absolute atomic E-state index is 0.00932. The van der Waals surface area contributed by atoms with E-state index in [2.05, 4.69) is 21.9 Å². The Bertz CT molecular complexity index is 478. The first-order valence-corrected chi connectivity index (χ1v) is 4.15. The number of rotatable bonds is 2. The first-order chi connectivity index (χ1) is 7.24. The Labute approximate surface area is 86.5 Å². The van der Waals surface area contributed by atoms with E-state index in [1.54, 1.807) is 24.3 Å². The van der Waals surface area contributed by atoms with Gasteiger partial charge in [-0.25, -0.2) is 0 Å². The molecular formula is C10H8N4O. The van der Waals surface area contributed by atoms with E-state index in [1.165, 1.54) is 0 Å². The van der Waals surface area contributed by atoms with Crippen molar-refractivity contribution < 1.29 is 4.79 Å². The lowest BCUT2D eigenvalue weighted by Gasteiger charge is -1.94. The standard InChI is InChI=1S/C10H8N4O/c11-10(15)7-3-5-8-4-1-2-6-9(8)13-14-12/h1-2,4,6H,7H2,(H2,11,15). The van der Waals surface area contributed by atoms with Gasteiger partial charge in [0.2, 0.25) is 5.91 Å². The van der Waals surface area contributed by atoms with Gasteiger partial charge >= 0.3 is 0 Å². The highest BCUT2D eigenvalue weighted by Crippen LogP contribution is 2.17. The summed E-state index contributed by atoms with van der Waals surface area (Å²) in [5, 5.41) is 3.47. The Kier molecular flexibility index (Phi) is 3.78. The molecule has 5 heteroatoms. The topological polar surface area (TPSA) is 91.8 Å². The van der Waals surface area contributed by atoms with Gasteiger partial charge in [0.25, 0.3) is 0 Å². The van der Waals surface area contributed by atoms with E-state index in [0.29, 0.717) is 11.3 Å². The maximum atomic E-state index is 10.4. The summed E-state index contributed by atoms with van der Waals surface area (Å²) in [7, 11) is 0. The molecule has 0 aromatic heterocycles. The minimum Gasteiger partial charge on any atom is -0.369 e. The highest BCUT2D eigenvalue weighted by molar-refractivity contribution is 5.76. The van der Waals surface area contributed by atoms with Crippen molar-refractivity contribution in [2.45, 2.75) is 6.42 Å². The Morgan fingerprint density at radius 2 is 2.27 bits per heavy atom. The Morgan fingerprint density at radius 3 is 2.93 bits per heavy atom. The van der Waals surface area contributed by atoms with Crippen molar-refractivity contribution in [3.05, 3.63) is 40.3 Å². The molecule has 0 saturated heterocycles. The van der Waals surface area contributed by atoms with Gasteiger partial charge < -0.3 is 5.73 Å². The number of hydrogen-bond donors (Lipinski definition) is 1. The summed E-state index contributed by atoms with van der Waals surface area (Å²) < 4.78 is 0. The van der Waals surface area contributed by atoms with Gasteiger partial charge in [0.05, 0.1) is 12.1 Å². The van der Waals surface area contributed by atoms with Crippen molar-refractivity contribution in [1.82, 2.24) is 0 Å². The van der Waals surface area contributed by atoms with Crippen LogP contribution in [0.25, 0.3) is 10.4 Å². The van der Waals surface area contributed by atoms with Crippen LogP contribution < -0.4 is 5.73 Å². The quantitative estimate of drug-likeness (QED) is 0.335. The first-order valence-electron chi connectivity index (χ1n) is 4.15. The summed E-state index contributed by atoms with van der Waals surface area (Å²) in [5.74, 6) is 4.82. The molecule has 0 fully saturated rings. The van der Waals surface area contributed by atoms with Crippen LogP contribution >= 0.6 is 0 Å². The van der Waals surface area contributed by atoms with E-state index in [-0.39, 0.29) is 6.42 Å². The third-order valence-corrected chi connectivity index (χ3v) is 1.54. The van der Waals surface area contributed by atoms with Crippen LogP contribution in [0.2, 0.25) is 0 Å². The molecule has 1 rings (SSSR count). The molecule has 0 aliphatic carbocycles. The van der Waals surface area contributed by atoms with Crippen LogP contribution in [0.1, 0.15) is 12.0 Å². The molecule has 0 atom stereocenters. The molecule has 2 N–H and O–H groups in total. The molecule has 74 valence electrons. The fourth-order valence-electron chi connectivity index (χ4n) is 0.941. The number of hydrogen-bond acceptors (Lipinski definition) is 2. The number of primary amides is 1. The summed E-state index contributed by atoms with van der Waals surface area (Å²) in [6, 6.07) is 6.86. The van der Waals surface area contributed by atoms with Crippen molar-refractivity contribution in [3.8, 4) is 11.8 Å². The third kappa shape index (κ3) is 3.43. The molecule has 0 unspecified atom stereocenters. The summed E-state index contributed by atoms with van der Waals surface area (Å²) in [6.45, 7) is 0. The summed E-state index contributed by atoms with van der Waals surface area (Å²) in [4.78, 5) is 13.1. The van der Waals surface area contributed by atoms with E-state index in [0.717, 1.165) is 0 Å². The largest absolute Gasteiger partial charge is 0.369 e. The number of carbonyl (C=O) groups is 1. The smallest absolute Gasteiger partial charge is 0.229 e. The van der Waals surface area contributed by atoms with Crippen molar-refractivity contribution >= 4 is 11.6 Å². The van der Waals surface area contributed by atoms with Crippen molar-refractivity contribution in [3.63, 3.8) is 0 Å². The minimum atomic E-state index is -0.483. The molecule has 0 saturated carbocycles. The SMILES string of the molecule is [N-]=[N+]=Nc1ccccc1C#CCC(N)=O. The van der Waals surface area contributed by atoms with Gasteiger partial charge in [-0.05, 0) is 11.6 Å². The predicted molar refractivity (Wildman–Crippen MR) is 55.9 cm³/mol. The molecule has 0 radical (unpaired) electrons. The normalized spacial score (nSPS) is 8.27. The molecule has 0 bridgehead atoms. The number of amides is 1. The zero-order valence-electron chi connectivity index (χ0n) is 7.84. The highest BCUT2D eigenvalue weighted by Gasteiger charge is 1.94. The molecule has 0 aliphatic heterocycles. The van der Waals surface area contributed by atoms with Crippen molar-refractivity contribution in [2.75, 3.05) is 0 Å². The maximum Gasteiger partial charge on any atom is 0.229 e. The van der Waals surface area contributed by atoms with Gasteiger partial charge in [-0.2, -0.15) is 0 Å². The number of nitrogens with two attached hydrogens (primary N) is 1. The van der Waals surface area contributed by atoms with Crippen molar-refractivity contribution in [1.29, 1.82) is 0 Å². The monoisotopic (exact) mass is 200 g/mol. The molecule has 1 aromatic rings. The summed E-state index contributed by atoms with van der Waals surface area (Å²) in [5.41, 5.74) is 14.2. The number of azide groups is 1. The molecule has 5 nitrogen and oxygen atoms in total. The zero-order valence-corrected chi connectivity index (χ0v) is 7.84. The first kappa shape index (κ1) is 10.6. The highest BCUT2D eigenvalue weighted by atomic mass is 16.1. The molecule has 1 aromatic carbocycles. The lowest BCUT2D eigenvalue weighted by Crippen LogP contribution is -2.08. The molecule has 0 aliphatic rings. The van der Waals surface area contributed by atoms with Crippen LogP contribution in [-0.2, 0) is 4.79 Å². The van der Waals surface area contributed by atoms with Crippen LogP contribution in [0.3, 0.4) is 0 Å². The van der Waals surface area contributed by atoms with Crippen LogP contribution in [0.5, 0.6) is 0 Å². The van der Waals surface area contributed by atoms with Gasteiger partial charge in [-0.3, -0.25) is 4.79 Å². The third-order valence-electron chi connectivity index (χ3n) is 1.54. The average Bonchev–Trinajstić information content (AvgIpc) is 2.20. The second kappa shape index (κ2) is 5.32. The lowest BCUT2D eigenvalue weighted by molar-refractivity contribution is -0.117. The Hall–Kier alpha value is -2.44.